The number of nitrogens with two attached hydrogens (primary N) is 1. The van der Waals surface area contributed by atoms with Crippen LogP contribution in [0.4, 0.5) is 11.8 Å². The molecule has 0 radical (unpaired) electrons. The van der Waals surface area contributed by atoms with E-state index in [4.69, 9.17) is 33.7 Å². The Bertz CT molecular complexity index is 1310. The minimum Gasteiger partial charge on any atom is -0.467 e. The van der Waals surface area contributed by atoms with E-state index in [0.29, 0.717) is 27.1 Å². The molecule has 0 saturated carbocycles. The molecule has 0 aliphatic rings. The summed E-state index contributed by atoms with van der Waals surface area (Å²) in [5, 5.41) is 3.89. The second-order valence-electron chi connectivity index (χ2n) is 7.15. The maximum atomic E-state index is 12.5. The van der Waals surface area contributed by atoms with Gasteiger partial charge in [-0.15, -0.1) is 0 Å². The molecular formula is C22H20Cl2N6O2. The Balaban J connectivity index is 1.66. The molecule has 0 aliphatic heterocycles. The van der Waals surface area contributed by atoms with Gasteiger partial charge in [0.2, 0.25) is 5.95 Å². The molecule has 0 aliphatic carbocycles. The first-order chi connectivity index (χ1) is 15.4. The molecular weight excluding hydrogens is 451 g/mol. The van der Waals surface area contributed by atoms with Gasteiger partial charge in [0.05, 0.1) is 34.6 Å². The summed E-state index contributed by atoms with van der Waals surface area (Å²) in [4.78, 5) is 25.4. The van der Waals surface area contributed by atoms with Gasteiger partial charge in [-0.1, -0.05) is 35.3 Å². The summed E-state index contributed by atoms with van der Waals surface area (Å²) >= 11 is 12.4. The van der Waals surface area contributed by atoms with E-state index >= 15 is 0 Å². The molecule has 3 aromatic heterocycles. The SMILES string of the molecule is COC(=O)[C@H](Cc1cccc(Cl)c1Cl)Nc1cc(-c2ccc3cnc(C)n3c2)nc(N)n1. The Morgan fingerprint density at radius 3 is 2.84 bits per heavy atom. The fourth-order valence-corrected chi connectivity index (χ4v) is 3.80. The van der Waals surface area contributed by atoms with Crippen molar-refractivity contribution in [1.82, 2.24) is 19.4 Å². The molecule has 0 saturated heterocycles. The standard InChI is InChI=1S/C22H20Cl2N6O2/c1-12-26-10-15-7-6-14(11-30(12)15)17-9-19(29-22(25)28-17)27-18(21(31)32-2)8-13-4-3-5-16(23)20(13)24/h3-7,9-11,18H,8H2,1-2H3,(H3,25,27,28,29)/t18-/m0/s1. The van der Waals surface area contributed by atoms with Crippen molar-refractivity contribution in [3.8, 4) is 11.3 Å². The Kier molecular flexibility index (Phi) is 6.16. The van der Waals surface area contributed by atoms with Gasteiger partial charge < -0.3 is 20.2 Å². The number of nitrogen functional groups attached to an aromatic ring is 1. The largest absolute Gasteiger partial charge is 0.467 e. The number of halogens is 2. The summed E-state index contributed by atoms with van der Waals surface area (Å²) in [7, 11) is 1.32. The lowest BCUT2D eigenvalue weighted by Gasteiger charge is -2.18. The molecule has 0 unspecified atom stereocenters. The molecule has 0 amide bonds. The van der Waals surface area contributed by atoms with Gasteiger partial charge in [-0.3, -0.25) is 0 Å². The first kappa shape index (κ1) is 21.9. The van der Waals surface area contributed by atoms with Gasteiger partial charge in [-0.2, -0.15) is 4.98 Å². The first-order valence-corrected chi connectivity index (χ1v) is 10.5. The van der Waals surface area contributed by atoms with Crippen molar-refractivity contribution in [3.05, 3.63) is 70.2 Å². The predicted molar refractivity (Wildman–Crippen MR) is 125 cm³/mol. The maximum absolute atomic E-state index is 12.5. The normalized spacial score (nSPS) is 12.0. The van der Waals surface area contributed by atoms with Crippen LogP contribution in [0.15, 0.2) is 48.8 Å². The number of nitrogens with zero attached hydrogens (tertiary/aromatic N) is 4. The number of ether oxygens (including phenoxy) is 1. The van der Waals surface area contributed by atoms with Crippen LogP contribution in [0.25, 0.3) is 16.8 Å². The predicted octanol–water partition coefficient (Wildman–Crippen LogP) is 4.18. The number of aryl methyl sites for hydroxylation is 1. The molecule has 164 valence electrons. The van der Waals surface area contributed by atoms with Gasteiger partial charge in [0.1, 0.15) is 17.7 Å². The lowest BCUT2D eigenvalue weighted by Crippen LogP contribution is -2.33. The van der Waals surface area contributed by atoms with Crippen molar-refractivity contribution < 1.29 is 9.53 Å². The number of hydrogen-bond donors (Lipinski definition) is 2. The van der Waals surface area contributed by atoms with Crippen molar-refractivity contribution in [3.63, 3.8) is 0 Å². The summed E-state index contributed by atoms with van der Waals surface area (Å²) in [6.07, 6.45) is 3.96. The van der Waals surface area contributed by atoms with E-state index in [9.17, 15) is 4.79 Å². The molecule has 0 spiro atoms. The van der Waals surface area contributed by atoms with Crippen molar-refractivity contribution in [1.29, 1.82) is 0 Å². The number of benzene rings is 1. The zero-order chi connectivity index (χ0) is 22.8. The highest BCUT2D eigenvalue weighted by atomic mass is 35.5. The number of imidazole rings is 1. The summed E-state index contributed by atoms with van der Waals surface area (Å²) in [6.45, 7) is 1.92. The van der Waals surface area contributed by atoms with Gasteiger partial charge in [-0.05, 0) is 30.7 Å². The number of pyridine rings is 1. The topological polar surface area (TPSA) is 107 Å². The van der Waals surface area contributed by atoms with Crippen LogP contribution in [0.5, 0.6) is 0 Å². The van der Waals surface area contributed by atoms with Gasteiger partial charge in [0.25, 0.3) is 0 Å². The molecule has 10 heteroatoms. The molecule has 1 aromatic carbocycles. The summed E-state index contributed by atoms with van der Waals surface area (Å²) in [5.41, 5.74) is 9.05. The van der Waals surface area contributed by atoms with Crippen LogP contribution in [0, 0.1) is 6.92 Å². The number of aromatic nitrogens is 4. The second kappa shape index (κ2) is 9.02. The fourth-order valence-electron chi connectivity index (χ4n) is 3.40. The van der Waals surface area contributed by atoms with Crippen molar-refractivity contribution >= 4 is 46.5 Å². The Morgan fingerprint density at radius 1 is 1.25 bits per heavy atom. The number of fused-ring (bicyclic) bond motifs is 1. The first-order valence-electron chi connectivity index (χ1n) is 9.71. The van der Waals surface area contributed by atoms with Crippen LogP contribution in [-0.4, -0.2) is 38.5 Å². The highest BCUT2D eigenvalue weighted by molar-refractivity contribution is 6.42. The van der Waals surface area contributed by atoms with Crippen molar-refractivity contribution in [2.45, 2.75) is 19.4 Å². The van der Waals surface area contributed by atoms with Crippen LogP contribution >= 0.6 is 23.2 Å². The summed E-state index contributed by atoms with van der Waals surface area (Å²) in [6, 6.07) is 10.1. The molecule has 8 nitrogen and oxygen atoms in total. The lowest BCUT2D eigenvalue weighted by atomic mass is 10.1. The smallest absolute Gasteiger partial charge is 0.328 e. The highest BCUT2D eigenvalue weighted by Gasteiger charge is 2.22. The molecule has 4 aromatic rings. The van der Waals surface area contributed by atoms with Gasteiger partial charge >= 0.3 is 5.97 Å². The van der Waals surface area contributed by atoms with E-state index in [2.05, 4.69) is 20.3 Å². The third kappa shape index (κ3) is 4.46. The van der Waals surface area contributed by atoms with Gasteiger partial charge in [-0.25, -0.2) is 14.8 Å². The van der Waals surface area contributed by atoms with Crippen LogP contribution in [0.1, 0.15) is 11.4 Å². The zero-order valence-electron chi connectivity index (χ0n) is 17.3. The molecule has 3 heterocycles. The van der Waals surface area contributed by atoms with Crippen LogP contribution in [0.2, 0.25) is 10.0 Å². The number of anilines is 2. The van der Waals surface area contributed by atoms with E-state index in [1.54, 1.807) is 30.5 Å². The average Bonchev–Trinajstić information content (AvgIpc) is 3.15. The number of methoxy groups -OCH3 is 1. The molecule has 4 rings (SSSR count). The van der Waals surface area contributed by atoms with E-state index in [0.717, 1.165) is 16.9 Å². The number of hydrogen-bond acceptors (Lipinski definition) is 7. The number of nitrogens with one attached hydrogen (secondary N) is 1. The minimum absolute atomic E-state index is 0.0665. The molecule has 32 heavy (non-hydrogen) atoms. The number of rotatable bonds is 6. The van der Waals surface area contributed by atoms with E-state index in [1.807, 2.05) is 29.7 Å². The summed E-state index contributed by atoms with van der Waals surface area (Å²) < 4.78 is 6.92. The maximum Gasteiger partial charge on any atom is 0.328 e. The van der Waals surface area contributed by atoms with Crippen LogP contribution < -0.4 is 11.1 Å². The van der Waals surface area contributed by atoms with Crippen LogP contribution in [-0.2, 0) is 16.0 Å². The average molecular weight is 471 g/mol. The number of esters is 1. The third-order valence-corrected chi connectivity index (χ3v) is 5.87. The van der Waals surface area contributed by atoms with Crippen molar-refractivity contribution in [2.24, 2.45) is 0 Å². The quantitative estimate of drug-likeness (QED) is 0.406. The van der Waals surface area contributed by atoms with E-state index in [1.165, 1.54) is 7.11 Å². The summed E-state index contributed by atoms with van der Waals surface area (Å²) in [5.74, 6) is 0.821. The number of carbonyl (C=O) groups is 1. The third-order valence-electron chi connectivity index (χ3n) is 5.01. The Morgan fingerprint density at radius 2 is 2.06 bits per heavy atom. The molecule has 0 bridgehead atoms. The molecule has 3 N–H and O–H groups in total. The second-order valence-corrected chi connectivity index (χ2v) is 7.94. The highest BCUT2D eigenvalue weighted by Crippen LogP contribution is 2.28. The van der Waals surface area contributed by atoms with E-state index in [-0.39, 0.29) is 12.4 Å². The van der Waals surface area contributed by atoms with Crippen LogP contribution in [0.3, 0.4) is 0 Å². The monoisotopic (exact) mass is 470 g/mol. The lowest BCUT2D eigenvalue weighted by molar-refractivity contribution is -0.141. The van der Waals surface area contributed by atoms with E-state index < -0.39 is 12.0 Å². The van der Waals surface area contributed by atoms with Gasteiger partial charge in [0, 0.05) is 24.2 Å². The number of carbonyl (C=O) groups excluding carboxylic acids is 1. The Labute approximate surface area is 194 Å². The zero-order valence-corrected chi connectivity index (χ0v) is 18.9. The molecule has 0 fully saturated rings. The van der Waals surface area contributed by atoms with Gasteiger partial charge in [0.15, 0.2) is 0 Å². The fraction of sp³-hybridized carbons (Fsp3) is 0.182. The minimum atomic E-state index is -0.767. The molecule has 1 atom stereocenters. The Hall–Kier alpha value is -3.36. The van der Waals surface area contributed by atoms with Crippen molar-refractivity contribution in [2.75, 3.05) is 18.2 Å².